The van der Waals surface area contributed by atoms with Crippen molar-refractivity contribution in [2.45, 2.75) is 19.8 Å². The molecular weight excluding hydrogens is 203 g/mol. The Bertz CT molecular complexity index is 357. The Balaban J connectivity index is 0.00000196. The summed E-state index contributed by atoms with van der Waals surface area (Å²) in [5, 5.41) is 10.3. The van der Waals surface area contributed by atoms with Gasteiger partial charge < -0.3 is 9.90 Å². The second kappa shape index (κ2) is 6.05. The van der Waals surface area contributed by atoms with Crippen LogP contribution in [0.3, 0.4) is 0 Å². The molecule has 3 nitrogen and oxygen atoms in total. The predicted molar refractivity (Wildman–Crippen MR) is 49.6 cm³/mol. The van der Waals surface area contributed by atoms with Crippen molar-refractivity contribution >= 4 is 11.8 Å². The summed E-state index contributed by atoms with van der Waals surface area (Å²) in [5.74, 6) is -3.15. The van der Waals surface area contributed by atoms with Crippen LogP contribution in [-0.2, 0) is 9.59 Å². The van der Waals surface area contributed by atoms with E-state index in [-0.39, 0.29) is 29.6 Å². The number of carbonyl (C=O) groups is 2. The van der Waals surface area contributed by atoms with Crippen LogP contribution in [0.5, 0.6) is 0 Å². The third kappa shape index (κ3) is 3.78. The molecule has 0 spiro atoms. The molecule has 0 N–H and O–H groups in total. The summed E-state index contributed by atoms with van der Waals surface area (Å²) in [6.45, 7) is 3.48. The molecule has 15 heavy (non-hydrogen) atoms. The van der Waals surface area contributed by atoms with Crippen LogP contribution in [0, 0.1) is 6.92 Å². The van der Waals surface area contributed by atoms with Crippen LogP contribution in [0.4, 0.5) is 0 Å². The number of hydrogen-bond donors (Lipinski definition) is 0. The van der Waals surface area contributed by atoms with Crippen LogP contribution in [0.2, 0.25) is 0 Å². The molecule has 0 saturated carbocycles. The largest absolute Gasteiger partial charge is 1.00 e. The number of carbonyl (C=O) groups excluding carboxylic acids is 2. The fraction of sp³-hybridized carbons (Fsp3) is 0.273. The smallest absolute Gasteiger partial charge is 0.542 e. The first kappa shape index (κ1) is 14.4. The van der Waals surface area contributed by atoms with Crippen molar-refractivity contribution in [2.24, 2.45) is 0 Å². The van der Waals surface area contributed by atoms with Crippen LogP contribution in [-0.4, -0.2) is 11.8 Å². The van der Waals surface area contributed by atoms with Crippen molar-refractivity contribution < 1.29 is 44.3 Å². The van der Waals surface area contributed by atoms with Gasteiger partial charge in [-0.3, -0.25) is 4.79 Å². The molecule has 0 bridgehead atoms. The molecule has 74 valence electrons. The summed E-state index contributed by atoms with van der Waals surface area (Å²) in [5.41, 5.74) is 1.77. The topological polar surface area (TPSA) is 57.2 Å². The molecule has 0 aliphatic heterocycles. The van der Waals surface area contributed by atoms with Crippen molar-refractivity contribution in [1.29, 1.82) is 0 Å². The van der Waals surface area contributed by atoms with Gasteiger partial charge in [0.1, 0.15) is 5.97 Å². The predicted octanol–water partition coefficient (Wildman–Crippen LogP) is -2.58. The van der Waals surface area contributed by atoms with E-state index in [1.165, 1.54) is 0 Å². The van der Waals surface area contributed by atoms with E-state index >= 15 is 0 Å². The van der Waals surface area contributed by atoms with Crippen LogP contribution in [0.15, 0.2) is 24.3 Å². The Hall–Kier alpha value is -0.640. The Morgan fingerprint density at radius 1 is 1.20 bits per heavy atom. The first-order valence-corrected chi connectivity index (χ1v) is 4.34. The monoisotopic (exact) mass is 214 g/mol. The van der Waals surface area contributed by atoms with Gasteiger partial charge >= 0.3 is 29.6 Å². The maximum absolute atomic E-state index is 11.1. The summed E-state index contributed by atoms with van der Waals surface area (Å²) in [6.07, 6.45) is 0. The van der Waals surface area contributed by atoms with E-state index in [9.17, 15) is 14.7 Å². The molecule has 0 aliphatic carbocycles. The van der Waals surface area contributed by atoms with E-state index in [4.69, 9.17) is 0 Å². The number of rotatable bonds is 3. The Morgan fingerprint density at radius 2 is 1.67 bits per heavy atom. The number of aliphatic carboxylic acids is 1. The maximum Gasteiger partial charge on any atom is 1.00 e. The summed E-state index contributed by atoms with van der Waals surface area (Å²) in [6, 6.07) is 7.18. The molecule has 0 saturated heterocycles. The van der Waals surface area contributed by atoms with Crippen molar-refractivity contribution in [2.75, 3.05) is 0 Å². The quantitative estimate of drug-likeness (QED) is 0.410. The van der Waals surface area contributed by atoms with Gasteiger partial charge in [0.2, 0.25) is 0 Å². The molecular formula is C11H11NaO3. The summed E-state index contributed by atoms with van der Waals surface area (Å²) < 4.78 is 0. The average Bonchev–Trinajstić information content (AvgIpc) is 2.16. The minimum atomic E-state index is -1.63. The van der Waals surface area contributed by atoms with Gasteiger partial charge in [0.15, 0.2) is 5.78 Å². The van der Waals surface area contributed by atoms with Gasteiger partial charge in [0.25, 0.3) is 0 Å². The van der Waals surface area contributed by atoms with E-state index in [2.05, 4.69) is 0 Å². The minimum Gasteiger partial charge on any atom is -0.542 e. The number of aryl methyl sites for hydroxylation is 1. The molecule has 0 aromatic heterocycles. The zero-order valence-corrected chi connectivity index (χ0v) is 11.1. The van der Waals surface area contributed by atoms with E-state index in [0.29, 0.717) is 5.56 Å². The van der Waals surface area contributed by atoms with E-state index in [0.717, 1.165) is 5.56 Å². The van der Waals surface area contributed by atoms with E-state index < -0.39 is 17.7 Å². The summed E-state index contributed by atoms with van der Waals surface area (Å²) in [4.78, 5) is 21.4. The molecule has 1 unspecified atom stereocenters. The van der Waals surface area contributed by atoms with Crippen LogP contribution < -0.4 is 34.7 Å². The molecule has 0 heterocycles. The standard InChI is InChI=1S/C11H12O3.Na/c1-7-3-5-9(6-4-7)8(2)10(12)11(13)14;/h3-6,8H,1-2H3,(H,13,14);/q;+1/p-1. The molecule has 4 heteroatoms. The van der Waals surface area contributed by atoms with Gasteiger partial charge in [-0.05, 0) is 12.5 Å². The molecule has 1 atom stereocenters. The fourth-order valence-corrected chi connectivity index (χ4v) is 1.18. The van der Waals surface area contributed by atoms with Crippen molar-refractivity contribution in [1.82, 2.24) is 0 Å². The minimum absolute atomic E-state index is 0. The van der Waals surface area contributed by atoms with Crippen molar-refractivity contribution in [3.8, 4) is 0 Å². The number of carboxylic acids is 1. The Kier molecular flexibility index (Phi) is 5.80. The average molecular weight is 214 g/mol. The maximum atomic E-state index is 11.1. The number of Topliss-reactive ketones (excluding diaryl/α,β-unsaturated/α-hetero) is 1. The molecule has 1 rings (SSSR count). The number of ketones is 1. The van der Waals surface area contributed by atoms with Gasteiger partial charge in [-0.15, -0.1) is 0 Å². The SMILES string of the molecule is Cc1ccc(C(C)C(=O)C(=O)[O-])cc1.[Na+]. The van der Waals surface area contributed by atoms with Crippen molar-refractivity contribution in [3.05, 3.63) is 35.4 Å². The summed E-state index contributed by atoms with van der Waals surface area (Å²) >= 11 is 0. The fourth-order valence-electron chi connectivity index (χ4n) is 1.18. The zero-order valence-electron chi connectivity index (χ0n) is 9.11. The third-order valence-electron chi connectivity index (χ3n) is 2.17. The molecule has 0 radical (unpaired) electrons. The second-order valence-corrected chi connectivity index (χ2v) is 3.28. The van der Waals surface area contributed by atoms with E-state index in [1.807, 2.05) is 19.1 Å². The Labute approximate surface area is 111 Å². The number of carboxylic acid groups (broad SMARTS) is 1. The van der Waals surface area contributed by atoms with Gasteiger partial charge in [0.05, 0.1) is 0 Å². The van der Waals surface area contributed by atoms with Crippen molar-refractivity contribution in [3.63, 3.8) is 0 Å². The number of benzene rings is 1. The zero-order chi connectivity index (χ0) is 10.7. The molecule has 1 aromatic rings. The van der Waals surface area contributed by atoms with Gasteiger partial charge in [-0.1, -0.05) is 36.8 Å². The van der Waals surface area contributed by atoms with Gasteiger partial charge in [-0.2, -0.15) is 0 Å². The molecule has 0 aliphatic rings. The van der Waals surface area contributed by atoms with Gasteiger partial charge in [-0.25, -0.2) is 0 Å². The molecule has 1 aromatic carbocycles. The summed E-state index contributed by atoms with van der Waals surface area (Å²) in [7, 11) is 0. The van der Waals surface area contributed by atoms with Crippen LogP contribution >= 0.6 is 0 Å². The van der Waals surface area contributed by atoms with Crippen LogP contribution in [0.25, 0.3) is 0 Å². The molecule has 0 amide bonds. The van der Waals surface area contributed by atoms with E-state index in [1.54, 1.807) is 19.1 Å². The van der Waals surface area contributed by atoms with Gasteiger partial charge in [0, 0.05) is 5.92 Å². The first-order chi connectivity index (χ1) is 6.52. The normalized spacial score (nSPS) is 11.3. The number of hydrogen-bond acceptors (Lipinski definition) is 3. The Morgan fingerprint density at radius 3 is 2.07 bits per heavy atom. The van der Waals surface area contributed by atoms with Crippen LogP contribution in [0.1, 0.15) is 24.0 Å². The molecule has 0 fully saturated rings. The first-order valence-electron chi connectivity index (χ1n) is 4.34. The third-order valence-corrected chi connectivity index (χ3v) is 2.17. The second-order valence-electron chi connectivity index (χ2n) is 3.28.